The summed E-state index contributed by atoms with van der Waals surface area (Å²) in [5.41, 5.74) is -0.591. The summed E-state index contributed by atoms with van der Waals surface area (Å²) in [6.45, 7) is 0. The van der Waals surface area contributed by atoms with E-state index in [1.165, 1.54) is 146 Å². The second kappa shape index (κ2) is 18.2. The van der Waals surface area contributed by atoms with E-state index in [-0.39, 0.29) is 33.4 Å². The van der Waals surface area contributed by atoms with Crippen LogP contribution in [0.3, 0.4) is 0 Å². The molecule has 0 saturated heterocycles. The van der Waals surface area contributed by atoms with E-state index in [4.69, 9.17) is 27.1 Å². The van der Waals surface area contributed by atoms with Crippen LogP contribution in [0, 0.1) is 0 Å². The van der Waals surface area contributed by atoms with E-state index < -0.39 is 58.8 Å². The molecule has 0 N–H and O–H groups in total. The third-order valence-electron chi connectivity index (χ3n) is 7.95. The van der Waals surface area contributed by atoms with Crippen molar-refractivity contribution >= 4 is 58.8 Å². The van der Waals surface area contributed by atoms with E-state index in [1.807, 2.05) is 0 Å². The minimum Gasteiger partial charge on any atom is -0.376 e. The van der Waals surface area contributed by atoms with Crippen LogP contribution in [-0.4, -0.2) is 35.8 Å². The SMILES string of the molecule is O=C(OP1(OC(=O)c2ccccc2)=NP(OC(=O)c2ccccc2)(OC(=O)c2ccccc2)=NP(OC(=O)c2ccccc2)(OC(=O)c2ccccc2)=N1)c1ccccc1. The number of carbonyl (C=O) groups is 6. The van der Waals surface area contributed by atoms with Gasteiger partial charge in [-0.2, -0.15) is 0 Å². The Kier molecular flexibility index (Phi) is 12.4. The minimum atomic E-state index is -5.22. The van der Waals surface area contributed by atoms with Gasteiger partial charge in [0.05, 0.1) is 33.4 Å². The van der Waals surface area contributed by atoms with Crippen LogP contribution in [-0.2, 0) is 27.1 Å². The molecule has 0 spiro atoms. The summed E-state index contributed by atoms with van der Waals surface area (Å²) in [6.07, 6.45) is 0. The number of benzene rings is 6. The Morgan fingerprint density at radius 2 is 0.383 bits per heavy atom. The Labute approximate surface area is 342 Å². The zero-order valence-corrected chi connectivity index (χ0v) is 33.6. The predicted molar refractivity (Wildman–Crippen MR) is 219 cm³/mol. The second-order valence-electron chi connectivity index (χ2n) is 12.2. The molecule has 15 nitrogen and oxygen atoms in total. The Hall–Kier alpha value is -7.17. The quantitative estimate of drug-likeness (QED) is 0.106. The number of hydrogen-bond acceptors (Lipinski definition) is 15. The van der Waals surface area contributed by atoms with Gasteiger partial charge in [-0.1, -0.05) is 123 Å². The predicted octanol–water partition coefficient (Wildman–Crippen LogP) is 11.0. The van der Waals surface area contributed by atoms with Gasteiger partial charge in [0, 0.05) is 0 Å². The van der Waals surface area contributed by atoms with Gasteiger partial charge in [0.1, 0.15) is 0 Å². The van der Waals surface area contributed by atoms with Gasteiger partial charge in [-0.25, -0.2) is 28.8 Å². The molecule has 1 heterocycles. The molecule has 1 aliphatic heterocycles. The molecular formula is C42H30N3O12P3. The first-order chi connectivity index (χ1) is 29.1. The molecule has 0 radical (unpaired) electrons. The maximum atomic E-state index is 14.1. The first-order valence-electron chi connectivity index (χ1n) is 17.7. The molecule has 18 heteroatoms. The summed E-state index contributed by atoms with van der Waals surface area (Å²) in [7, 11) is -15.7. The van der Waals surface area contributed by atoms with E-state index in [0.29, 0.717) is 0 Å². The topological polar surface area (TPSA) is 195 Å². The van der Waals surface area contributed by atoms with Crippen molar-refractivity contribution in [1.82, 2.24) is 0 Å². The van der Waals surface area contributed by atoms with E-state index in [2.05, 4.69) is 13.5 Å². The maximum Gasteiger partial charge on any atom is 0.465 e. The fourth-order valence-corrected chi connectivity index (χ4v) is 13.8. The van der Waals surface area contributed by atoms with Crippen molar-refractivity contribution in [3.05, 3.63) is 215 Å². The summed E-state index contributed by atoms with van der Waals surface area (Å²) < 4.78 is 48.9. The minimum absolute atomic E-state index is 0.0986. The number of nitrogens with zero attached hydrogens (tertiary/aromatic N) is 3. The molecule has 6 aromatic carbocycles. The second-order valence-corrected chi connectivity index (χ2v) is 18.4. The van der Waals surface area contributed by atoms with Crippen LogP contribution < -0.4 is 0 Å². The zero-order valence-electron chi connectivity index (χ0n) is 30.9. The lowest BCUT2D eigenvalue weighted by Crippen LogP contribution is -2.16. The van der Waals surface area contributed by atoms with E-state index >= 15 is 0 Å². The van der Waals surface area contributed by atoms with Gasteiger partial charge in [0.25, 0.3) is 0 Å². The standard InChI is InChI=1S/C42H30N3O12P3/c46-37(31-19-7-1-8-20-31)52-58(53-38(47)32-21-9-2-10-22-32)43-59(54-39(48)33-23-11-3-12-24-33,55-40(49)34-25-13-4-14-26-34)45-60(44-58,56-41(50)35-27-15-5-16-28-35)57-42(51)36-29-17-6-18-30-36/h1-30H. The molecule has 0 aliphatic carbocycles. The van der Waals surface area contributed by atoms with Crippen molar-refractivity contribution in [2.45, 2.75) is 0 Å². The van der Waals surface area contributed by atoms with Gasteiger partial charge in [0.2, 0.25) is 0 Å². The average molecular weight is 862 g/mol. The van der Waals surface area contributed by atoms with Gasteiger partial charge in [0.15, 0.2) is 0 Å². The normalized spacial score (nSPS) is 14.2. The van der Waals surface area contributed by atoms with E-state index in [9.17, 15) is 28.8 Å². The van der Waals surface area contributed by atoms with Crippen LogP contribution in [0.2, 0.25) is 0 Å². The molecule has 60 heavy (non-hydrogen) atoms. The van der Waals surface area contributed by atoms with Gasteiger partial charge >= 0.3 is 58.8 Å². The van der Waals surface area contributed by atoms with Crippen molar-refractivity contribution < 1.29 is 55.9 Å². The van der Waals surface area contributed by atoms with Crippen molar-refractivity contribution in [2.75, 3.05) is 0 Å². The summed E-state index contributed by atoms with van der Waals surface area (Å²) in [5.74, 6) is -7.15. The highest BCUT2D eigenvalue weighted by Gasteiger charge is 2.52. The molecule has 0 atom stereocenters. The average Bonchev–Trinajstić information content (AvgIpc) is 3.27. The van der Waals surface area contributed by atoms with Crippen LogP contribution in [0.1, 0.15) is 62.1 Å². The molecular weight excluding hydrogens is 831 g/mol. The van der Waals surface area contributed by atoms with Crippen molar-refractivity contribution in [1.29, 1.82) is 0 Å². The highest BCUT2D eigenvalue weighted by molar-refractivity contribution is 7.79. The summed E-state index contributed by atoms with van der Waals surface area (Å²) in [6, 6.07) is 44.3. The fraction of sp³-hybridized carbons (Fsp3) is 0. The monoisotopic (exact) mass is 861 g/mol. The summed E-state index contributed by atoms with van der Waals surface area (Å²) in [4.78, 5) is 84.5. The van der Waals surface area contributed by atoms with Crippen molar-refractivity contribution in [3.63, 3.8) is 0 Å². The lowest BCUT2D eigenvalue weighted by Gasteiger charge is -2.30. The van der Waals surface area contributed by atoms with Crippen LogP contribution in [0.25, 0.3) is 0 Å². The van der Waals surface area contributed by atoms with Crippen LogP contribution in [0.5, 0.6) is 0 Å². The molecule has 1 aliphatic rings. The molecule has 0 saturated carbocycles. The number of hydrogen-bond donors (Lipinski definition) is 0. The number of carbonyl (C=O) groups excluding carboxylic acids is 6. The lowest BCUT2D eigenvalue weighted by molar-refractivity contribution is 0.0651. The molecule has 0 aromatic heterocycles. The zero-order chi connectivity index (χ0) is 42.0. The first-order valence-corrected chi connectivity index (χ1v) is 22.3. The van der Waals surface area contributed by atoms with Gasteiger partial charge < -0.3 is 27.1 Å². The molecule has 0 unspecified atom stereocenters. The molecule has 0 amide bonds. The number of rotatable bonds is 12. The molecule has 7 rings (SSSR count). The molecule has 0 fully saturated rings. The highest BCUT2D eigenvalue weighted by Crippen LogP contribution is 2.81. The van der Waals surface area contributed by atoms with E-state index in [0.717, 1.165) is 0 Å². The third kappa shape index (κ3) is 9.91. The van der Waals surface area contributed by atoms with Gasteiger partial charge in [-0.15, -0.1) is 0 Å². The van der Waals surface area contributed by atoms with Crippen LogP contribution in [0.4, 0.5) is 0 Å². The Bertz CT molecular complexity index is 2250. The first kappa shape index (κ1) is 41.0. The summed E-state index contributed by atoms with van der Waals surface area (Å²) in [5, 5.41) is 0. The van der Waals surface area contributed by atoms with Crippen molar-refractivity contribution in [2.24, 2.45) is 13.5 Å². The Morgan fingerprint density at radius 1 is 0.250 bits per heavy atom. The third-order valence-corrected chi connectivity index (χ3v) is 15.8. The van der Waals surface area contributed by atoms with Gasteiger partial charge in [-0.3, -0.25) is 0 Å². The van der Waals surface area contributed by atoms with Crippen molar-refractivity contribution in [3.8, 4) is 0 Å². The largest absolute Gasteiger partial charge is 0.465 e. The molecule has 0 bridgehead atoms. The van der Waals surface area contributed by atoms with Crippen LogP contribution in [0.15, 0.2) is 196 Å². The smallest absolute Gasteiger partial charge is 0.376 e. The summed E-state index contributed by atoms with van der Waals surface area (Å²) >= 11 is 0. The Balaban J connectivity index is 1.55. The Morgan fingerprint density at radius 3 is 0.517 bits per heavy atom. The fourth-order valence-electron chi connectivity index (χ4n) is 5.17. The maximum absolute atomic E-state index is 14.1. The molecule has 6 aromatic rings. The van der Waals surface area contributed by atoms with E-state index in [1.54, 1.807) is 36.4 Å². The lowest BCUT2D eigenvalue weighted by atomic mass is 10.2. The van der Waals surface area contributed by atoms with Gasteiger partial charge in [-0.05, 0) is 72.8 Å². The highest BCUT2D eigenvalue weighted by atomic mass is 31.3. The van der Waals surface area contributed by atoms with Crippen LogP contribution >= 0.6 is 23.0 Å². The molecule has 300 valence electrons.